The number of ether oxygens (including phenoxy) is 1. The summed E-state index contributed by atoms with van der Waals surface area (Å²) in [5.41, 5.74) is 4.47. The standard InChI is InChI=1S/C33H44N6O3/c1-23-15-35-37(17-23)19-27-20-38(31(41)42-32(3,4)5)24(2)18-36(27)21-30(40)39-22-33(6,7)28-16-34-26(14-29(28)39)13-25-11-9-8-10-12-25/h8-12,14-17,24,27H,13,18-22H2,1-7H3/t24-,27+/m1/s1. The van der Waals surface area contributed by atoms with Gasteiger partial charge in [0.05, 0.1) is 25.0 Å². The van der Waals surface area contributed by atoms with Crippen LogP contribution in [0.3, 0.4) is 0 Å². The number of hydrogen-bond acceptors (Lipinski definition) is 6. The van der Waals surface area contributed by atoms with Crippen molar-refractivity contribution in [1.29, 1.82) is 0 Å². The van der Waals surface area contributed by atoms with E-state index in [4.69, 9.17) is 9.72 Å². The SMILES string of the molecule is Cc1cnn(C[C@H]2CN(C(=O)OC(C)(C)C)[C@H](C)CN2CC(=O)N2CC(C)(C)c3cnc(Cc4ccccc4)cc32)c1. The first-order valence-corrected chi connectivity index (χ1v) is 14.9. The Labute approximate surface area is 249 Å². The monoisotopic (exact) mass is 572 g/mol. The van der Waals surface area contributed by atoms with Gasteiger partial charge in [-0.05, 0) is 51.8 Å². The number of hydrogen-bond donors (Lipinski definition) is 0. The van der Waals surface area contributed by atoms with Gasteiger partial charge in [0, 0.05) is 67.2 Å². The van der Waals surface area contributed by atoms with E-state index in [0.29, 0.717) is 32.6 Å². The summed E-state index contributed by atoms with van der Waals surface area (Å²) < 4.78 is 7.63. The molecule has 1 fully saturated rings. The van der Waals surface area contributed by atoms with E-state index in [9.17, 15) is 9.59 Å². The van der Waals surface area contributed by atoms with Crippen LogP contribution in [0.25, 0.3) is 0 Å². The molecule has 9 heteroatoms. The maximum Gasteiger partial charge on any atom is 0.410 e. The Hall–Kier alpha value is -3.72. The van der Waals surface area contributed by atoms with Crippen LogP contribution < -0.4 is 4.90 Å². The maximum atomic E-state index is 14.1. The number of piperazine rings is 1. The normalized spacial score (nSPS) is 20.5. The first-order chi connectivity index (χ1) is 19.8. The van der Waals surface area contributed by atoms with Crippen molar-refractivity contribution in [3.8, 4) is 0 Å². The van der Waals surface area contributed by atoms with Crippen LogP contribution in [-0.2, 0) is 27.9 Å². The van der Waals surface area contributed by atoms with Crippen molar-refractivity contribution in [2.24, 2.45) is 0 Å². The summed E-state index contributed by atoms with van der Waals surface area (Å²) in [6.45, 7) is 16.5. The Kier molecular flexibility index (Phi) is 8.16. The van der Waals surface area contributed by atoms with E-state index in [1.807, 2.05) is 81.0 Å². The molecule has 1 aromatic carbocycles. The fourth-order valence-electron chi connectivity index (χ4n) is 6.01. The van der Waals surface area contributed by atoms with Crippen LogP contribution in [0.4, 0.5) is 10.5 Å². The Balaban J connectivity index is 1.37. The zero-order valence-electron chi connectivity index (χ0n) is 26.0. The number of pyridine rings is 1. The summed E-state index contributed by atoms with van der Waals surface area (Å²) in [6, 6.07) is 12.2. The highest BCUT2D eigenvalue weighted by Crippen LogP contribution is 2.40. The molecule has 2 aliphatic heterocycles. The molecule has 2 aromatic heterocycles. The lowest BCUT2D eigenvalue weighted by atomic mass is 9.88. The van der Waals surface area contributed by atoms with Crippen LogP contribution in [0, 0.1) is 6.92 Å². The largest absolute Gasteiger partial charge is 0.444 e. The number of benzene rings is 1. The molecule has 0 bridgehead atoms. The van der Waals surface area contributed by atoms with Gasteiger partial charge in [-0.25, -0.2) is 4.79 Å². The highest BCUT2D eigenvalue weighted by atomic mass is 16.6. The molecule has 42 heavy (non-hydrogen) atoms. The lowest BCUT2D eigenvalue weighted by molar-refractivity contribution is -0.121. The molecule has 2 aliphatic rings. The molecule has 0 saturated carbocycles. The van der Waals surface area contributed by atoms with Gasteiger partial charge >= 0.3 is 6.09 Å². The molecule has 224 valence electrons. The van der Waals surface area contributed by atoms with E-state index < -0.39 is 5.60 Å². The quantitative estimate of drug-likeness (QED) is 0.422. The average Bonchev–Trinajstić information content (AvgIpc) is 3.44. The smallest absolute Gasteiger partial charge is 0.410 e. The summed E-state index contributed by atoms with van der Waals surface area (Å²) in [5, 5.41) is 4.50. The van der Waals surface area contributed by atoms with E-state index in [1.165, 1.54) is 5.56 Å². The van der Waals surface area contributed by atoms with Crippen molar-refractivity contribution in [2.45, 2.75) is 84.5 Å². The fraction of sp³-hybridized carbons (Fsp3) is 0.515. The fourth-order valence-corrected chi connectivity index (χ4v) is 6.01. The third-order valence-electron chi connectivity index (χ3n) is 8.12. The van der Waals surface area contributed by atoms with Crippen molar-refractivity contribution < 1.29 is 14.3 Å². The maximum absolute atomic E-state index is 14.1. The molecule has 0 N–H and O–H groups in total. The van der Waals surface area contributed by atoms with Gasteiger partial charge in [0.2, 0.25) is 5.91 Å². The van der Waals surface area contributed by atoms with Crippen LogP contribution in [0.15, 0.2) is 55.0 Å². The third-order valence-corrected chi connectivity index (χ3v) is 8.12. The minimum atomic E-state index is -0.581. The van der Waals surface area contributed by atoms with Crippen LogP contribution in [0.1, 0.15) is 63.9 Å². The van der Waals surface area contributed by atoms with Gasteiger partial charge in [-0.3, -0.25) is 19.4 Å². The number of fused-ring (bicyclic) bond motifs is 1. The van der Waals surface area contributed by atoms with Crippen LogP contribution in [0.5, 0.6) is 0 Å². The molecule has 0 radical (unpaired) electrons. The molecule has 2 amide bonds. The number of nitrogens with zero attached hydrogens (tertiary/aromatic N) is 6. The number of rotatable bonds is 6. The Morgan fingerprint density at radius 1 is 1.10 bits per heavy atom. The molecular weight excluding hydrogens is 528 g/mol. The summed E-state index contributed by atoms with van der Waals surface area (Å²) in [4.78, 5) is 37.9. The lowest BCUT2D eigenvalue weighted by Crippen LogP contribution is -2.62. The third kappa shape index (κ3) is 6.67. The zero-order valence-corrected chi connectivity index (χ0v) is 26.0. The molecule has 9 nitrogen and oxygen atoms in total. The minimum absolute atomic E-state index is 0.0539. The van der Waals surface area contributed by atoms with Gasteiger partial charge in [0.15, 0.2) is 0 Å². The Bertz CT molecular complexity index is 1430. The van der Waals surface area contributed by atoms with Gasteiger partial charge in [-0.1, -0.05) is 44.2 Å². The van der Waals surface area contributed by atoms with Gasteiger partial charge < -0.3 is 14.5 Å². The van der Waals surface area contributed by atoms with Crippen LogP contribution >= 0.6 is 0 Å². The molecule has 0 spiro atoms. The van der Waals surface area contributed by atoms with Crippen LogP contribution in [0.2, 0.25) is 0 Å². The molecule has 0 aliphatic carbocycles. The highest BCUT2D eigenvalue weighted by molar-refractivity contribution is 5.97. The van der Waals surface area contributed by atoms with Crippen molar-refractivity contribution in [3.63, 3.8) is 0 Å². The number of aryl methyl sites for hydroxylation is 1. The molecule has 4 heterocycles. The summed E-state index contributed by atoms with van der Waals surface area (Å²) in [5.74, 6) is 0.0539. The van der Waals surface area contributed by atoms with E-state index in [-0.39, 0.29) is 36.0 Å². The molecule has 1 saturated heterocycles. The number of amides is 2. The molecule has 3 aromatic rings. The molecule has 5 rings (SSSR count). The van der Waals surface area contributed by atoms with Gasteiger partial charge in [-0.15, -0.1) is 0 Å². The van der Waals surface area contributed by atoms with Crippen LogP contribution in [-0.4, -0.2) is 80.4 Å². The molecule has 0 unspecified atom stereocenters. The molecular formula is C33H44N6O3. The van der Waals surface area contributed by atoms with Crippen molar-refractivity contribution in [3.05, 3.63) is 77.4 Å². The predicted molar refractivity (Wildman–Crippen MR) is 164 cm³/mol. The topological polar surface area (TPSA) is 83.8 Å². The van der Waals surface area contributed by atoms with Crippen molar-refractivity contribution in [1.82, 2.24) is 24.6 Å². The second-order valence-electron chi connectivity index (χ2n) is 13.5. The van der Waals surface area contributed by atoms with E-state index in [1.54, 1.807) is 4.90 Å². The average molecular weight is 573 g/mol. The van der Waals surface area contributed by atoms with Crippen molar-refractivity contribution in [2.75, 3.05) is 31.1 Å². The van der Waals surface area contributed by atoms with Crippen molar-refractivity contribution >= 4 is 17.7 Å². The Morgan fingerprint density at radius 3 is 2.50 bits per heavy atom. The Morgan fingerprint density at radius 2 is 1.83 bits per heavy atom. The summed E-state index contributed by atoms with van der Waals surface area (Å²) in [7, 11) is 0. The van der Waals surface area contributed by atoms with Gasteiger partial charge in [0.1, 0.15) is 5.60 Å². The first-order valence-electron chi connectivity index (χ1n) is 14.9. The highest BCUT2D eigenvalue weighted by Gasteiger charge is 2.41. The number of carbonyl (C=O) groups excluding carboxylic acids is 2. The van der Waals surface area contributed by atoms with E-state index in [0.717, 1.165) is 22.5 Å². The first kappa shape index (κ1) is 29.8. The number of anilines is 1. The summed E-state index contributed by atoms with van der Waals surface area (Å²) >= 11 is 0. The number of carbonyl (C=O) groups is 2. The second kappa shape index (κ2) is 11.5. The van der Waals surface area contributed by atoms with Gasteiger partial charge in [-0.2, -0.15) is 5.10 Å². The summed E-state index contributed by atoms with van der Waals surface area (Å²) in [6.07, 6.45) is 6.17. The molecule has 2 atom stereocenters. The lowest BCUT2D eigenvalue weighted by Gasteiger charge is -2.45. The minimum Gasteiger partial charge on any atom is -0.444 e. The second-order valence-corrected chi connectivity index (χ2v) is 13.5. The predicted octanol–water partition coefficient (Wildman–Crippen LogP) is 4.81. The number of aromatic nitrogens is 3. The van der Waals surface area contributed by atoms with E-state index >= 15 is 0 Å². The van der Waals surface area contributed by atoms with E-state index in [2.05, 4.69) is 42.0 Å². The van der Waals surface area contributed by atoms with Gasteiger partial charge in [0.25, 0.3) is 0 Å². The zero-order chi connectivity index (χ0) is 30.2.